The molecule has 5 nitrogen and oxygen atoms in total. The number of thiol groups is 1. The third-order valence-corrected chi connectivity index (χ3v) is 0.765. The molecule has 0 saturated heterocycles. The molecular weight excluding hydrogens is 146 g/mol. The standard InChI is InChI=1S/C3H5NO4S/c4-3(7)8-2(9)1(5)6/h2,9H,(H2,4,7)(H,5,6). The molecule has 3 N–H and O–H groups in total. The number of hydrogen-bond acceptors (Lipinski definition) is 4. The molecule has 0 fully saturated rings. The molecule has 0 rings (SSSR count). The van der Waals surface area contributed by atoms with Gasteiger partial charge in [-0.1, -0.05) is 0 Å². The summed E-state index contributed by atoms with van der Waals surface area (Å²) in [4.78, 5) is 19.6. The van der Waals surface area contributed by atoms with E-state index in [9.17, 15) is 9.59 Å². The van der Waals surface area contributed by atoms with Gasteiger partial charge in [-0.3, -0.25) is 0 Å². The van der Waals surface area contributed by atoms with Crippen LogP contribution in [0.2, 0.25) is 0 Å². The van der Waals surface area contributed by atoms with Crippen LogP contribution in [0.15, 0.2) is 0 Å². The molecule has 0 aromatic rings. The number of amides is 1. The highest BCUT2D eigenvalue weighted by molar-refractivity contribution is 7.81. The Morgan fingerprint density at radius 3 is 2.22 bits per heavy atom. The third kappa shape index (κ3) is 3.65. The molecular formula is C3H5NO4S. The number of rotatable bonds is 2. The van der Waals surface area contributed by atoms with Crippen molar-refractivity contribution < 1.29 is 19.4 Å². The predicted octanol–water partition coefficient (Wildman–Crippen LogP) is -0.578. The average Bonchev–Trinajstić information content (AvgIpc) is 1.63. The van der Waals surface area contributed by atoms with Crippen LogP contribution in [-0.2, 0) is 9.53 Å². The van der Waals surface area contributed by atoms with E-state index >= 15 is 0 Å². The Labute approximate surface area is 56.2 Å². The van der Waals surface area contributed by atoms with Crippen molar-refractivity contribution in [2.24, 2.45) is 5.73 Å². The predicted molar refractivity (Wildman–Crippen MR) is 31.1 cm³/mol. The minimum Gasteiger partial charge on any atom is -0.478 e. The van der Waals surface area contributed by atoms with E-state index in [0.717, 1.165) is 0 Å². The van der Waals surface area contributed by atoms with E-state index in [0.29, 0.717) is 0 Å². The van der Waals surface area contributed by atoms with Gasteiger partial charge in [-0.15, -0.1) is 12.6 Å². The number of carbonyl (C=O) groups excluding carboxylic acids is 1. The van der Waals surface area contributed by atoms with Crippen molar-refractivity contribution in [2.75, 3.05) is 0 Å². The largest absolute Gasteiger partial charge is 0.478 e. The zero-order chi connectivity index (χ0) is 7.44. The van der Waals surface area contributed by atoms with Crippen molar-refractivity contribution in [3.63, 3.8) is 0 Å². The first-order chi connectivity index (χ1) is 4.04. The molecule has 0 aromatic carbocycles. The van der Waals surface area contributed by atoms with Gasteiger partial charge in [-0.05, 0) is 0 Å². The quantitative estimate of drug-likeness (QED) is 0.364. The van der Waals surface area contributed by atoms with E-state index in [-0.39, 0.29) is 0 Å². The maximum Gasteiger partial charge on any atom is 0.406 e. The first-order valence-electron chi connectivity index (χ1n) is 1.91. The summed E-state index contributed by atoms with van der Waals surface area (Å²) in [6, 6.07) is 0. The summed E-state index contributed by atoms with van der Waals surface area (Å²) in [5.74, 6) is -1.35. The maximum absolute atomic E-state index is 9.83. The van der Waals surface area contributed by atoms with Gasteiger partial charge in [0.1, 0.15) is 0 Å². The Balaban J connectivity index is 3.63. The van der Waals surface area contributed by atoms with Crippen LogP contribution in [0, 0.1) is 0 Å². The lowest BCUT2D eigenvalue weighted by molar-refractivity contribution is -0.141. The number of hydrogen-bond donors (Lipinski definition) is 3. The molecule has 6 heteroatoms. The summed E-state index contributed by atoms with van der Waals surface area (Å²) < 4.78 is 3.92. The van der Waals surface area contributed by atoms with Crippen LogP contribution in [0.5, 0.6) is 0 Å². The van der Waals surface area contributed by atoms with Gasteiger partial charge in [0.05, 0.1) is 0 Å². The van der Waals surface area contributed by atoms with Gasteiger partial charge in [-0.2, -0.15) is 0 Å². The maximum atomic E-state index is 9.83. The van der Waals surface area contributed by atoms with Crippen LogP contribution in [0.25, 0.3) is 0 Å². The molecule has 1 unspecified atom stereocenters. The lowest BCUT2D eigenvalue weighted by atomic mass is 10.7. The Bertz CT molecular complexity index is 136. The summed E-state index contributed by atoms with van der Waals surface area (Å²) in [6.45, 7) is 0. The number of carboxylic acid groups (broad SMARTS) is 1. The summed E-state index contributed by atoms with van der Waals surface area (Å²) in [6.07, 6.45) is -1.16. The normalized spacial score (nSPS) is 12.1. The first kappa shape index (κ1) is 8.09. The summed E-state index contributed by atoms with van der Waals surface area (Å²) in [5, 5.41) is 8.02. The van der Waals surface area contributed by atoms with E-state index in [1.165, 1.54) is 0 Å². The Morgan fingerprint density at radius 1 is 1.67 bits per heavy atom. The molecule has 0 aliphatic carbocycles. The second kappa shape index (κ2) is 3.18. The van der Waals surface area contributed by atoms with Gasteiger partial charge in [0, 0.05) is 0 Å². The molecule has 9 heavy (non-hydrogen) atoms. The fraction of sp³-hybridized carbons (Fsp3) is 0.333. The third-order valence-electron chi connectivity index (χ3n) is 0.439. The molecule has 0 aromatic heterocycles. The molecule has 0 aliphatic rings. The molecule has 1 atom stereocenters. The fourth-order valence-electron chi connectivity index (χ4n) is 0.160. The molecule has 0 bridgehead atoms. The first-order valence-corrected chi connectivity index (χ1v) is 2.42. The summed E-state index contributed by atoms with van der Waals surface area (Å²) in [5.41, 5.74) is 2.99. The molecule has 1 amide bonds. The van der Waals surface area contributed by atoms with Crippen molar-refractivity contribution in [1.82, 2.24) is 0 Å². The molecule has 0 radical (unpaired) electrons. The molecule has 52 valence electrons. The van der Waals surface area contributed by atoms with Crippen LogP contribution >= 0.6 is 12.6 Å². The van der Waals surface area contributed by atoms with Gasteiger partial charge >= 0.3 is 12.1 Å². The number of carboxylic acids is 1. The van der Waals surface area contributed by atoms with Crippen LogP contribution < -0.4 is 5.73 Å². The van der Waals surface area contributed by atoms with Gasteiger partial charge < -0.3 is 15.6 Å². The average molecular weight is 151 g/mol. The second-order valence-electron chi connectivity index (χ2n) is 1.13. The Kier molecular flexibility index (Phi) is 2.86. The smallest absolute Gasteiger partial charge is 0.406 e. The van der Waals surface area contributed by atoms with Gasteiger partial charge in [0.25, 0.3) is 0 Å². The lowest BCUT2D eigenvalue weighted by Gasteiger charge is -2.02. The summed E-state index contributed by atoms with van der Waals surface area (Å²) >= 11 is 3.34. The molecule has 0 saturated carbocycles. The second-order valence-corrected chi connectivity index (χ2v) is 1.60. The Morgan fingerprint density at radius 2 is 2.11 bits per heavy atom. The molecule has 0 aliphatic heterocycles. The van der Waals surface area contributed by atoms with Gasteiger partial charge in [0.15, 0.2) is 0 Å². The topological polar surface area (TPSA) is 89.6 Å². The van der Waals surface area contributed by atoms with E-state index < -0.39 is 17.5 Å². The zero-order valence-electron chi connectivity index (χ0n) is 4.27. The molecule has 0 heterocycles. The van der Waals surface area contributed by atoms with Crippen LogP contribution in [0.1, 0.15) is 0 Å². The van der Waals surface area contributed by atoms with Crippen molar-refractivity contribution in [3.8, 4) is 0 Å². The number of ether oxygens (including phenoxy) is 1. The van der Waals surface area contributed by atoms with E-state index in [2.05, 4.69) is 23.1 Å². The van der Waals surface area contributed by atoms with Crippen LogP contribution in [0.3, 0.4) is 0 Å². The SMILES string of the molecule is NC(=O)OC(S)C(=O)O. The summed E-state index contributed by atoms with van der Waals surface area (Å²) in [7, 11) is 0. The van der Waals surface area contributed by atoms with Crippen molar-refractivity contribution in [2.45, 2.75) is 5.44 Å². The van der Waals surface area contributed by atoms with Crippen LogP contribution in [-0.4, -0.2) is 22.6 Å². The fourth-order valence-corrected chi connectivity index (χ4v) is 0.264. The number of nitrogens with two attached hydrogens (primary N) is 1. The minimum absolute atomic E-state index is 1.16. The lowest BCUT2D eigenvalue weighted by Crippen LogP contribution is -2.24. The minimum atomic E-state index is -1.47. The van der Waals surface area contributed by atoms with Crippen LogP contribution in [0.4, 0.5) is 4.79 Å². The highest BCUT2D eigenvalue weighted by atomic mass is 32.1. The highest BCUT2D eigenvalue weighted by Crippen LogP contribution is 1.95. The monoisotopic (exact) mass is 151 g/mol. The van der Waals surface area contributed by atoms with E-state index in [4.69, 9.17) is 5.11 Å². The number of aliphatic carboxylic acids is 1. The van der Waals surface area contributed by atoms with E-state index in [1.54, 1.807) is 0 Å². The van der Waals surface area contributed by atoms with Gasteiger partial charge in [-0.25, -0.2) is 9.59 Å². The highest BCUT2D eigenvalue weighted by Gasteiger charge is 2.14. The van der Waals surface area contributed by atoms with Crippen molar-refractivity contribution >= 4 is 24.7 Å². The number of primary amides is 1. The van der Waals surface area contributed by atoms with Crippen molar-refractivity contribution in [3.05, 3.63) is 0 Å². The number of carbonyl (C=O) groups is 2. The zero-order valence-corrected chi connectivity index (χ0v) is 5.17. The van der Waals surface area contributed by atoms with E-state index in [1.807, 2.05) is 0 Å². The van der Waals surface area contributed by atoms with Crippen molar-refractivity contribution in [1.29, 1.82) is 0 Å². The van der Waals surface area contributed by atoms with Gasteiger partial charge in [0.2, 0.25) is 5.44 Å². The Hall–Kier alpha value is -0.910. The molecule has 0 spiro atoms.